The number of amides is 2. The molecule has 0 unspecified atom stereocenters. The van der Waals surface area contributed by atoms with E-state index in [4.69, 9.17) is 5.73 Å². The quantitative estimate of drug-likeness (QED) is 0.636. The molecule has 124 valence electrons. The summed E-state index contributed by atoms with van der Waals surface area (Å²) in [6.07, 6.45) is 0. The van der Waals surface area contributed by atoms with Crippen molar-refractivity contribution in [2.45, 2.75) is 0 Å². The van der Waals surface area contributed by atoms with Crippen LogP contribution in [0.2, 0.25) is 0 Å². The molecular formula is C20H17N3O2. The highest BCUT2D eigenvalue weighted by atomic mass is 16.2. The van der Waals surface area contributed by atoms with Crippen LogP contribution in [-0.2, 0) is 0 Å². The van der Waals surface area contributed by atoms with E-state index < -0.39 is 0 Å². The van der Waals surface area contributed by atoms with Gasteiger partial charge in [0.25, 0.3) is 11.8 Å². The summed E-state index contributed by atoms with van der Waals surface area (Å²) in [5.74, 6) is -0.504. The number of nitrogen functional groups attached to an aromatic ring is 1. The predicted octanol–water partition coefficient (Wildman–Crippen LogP) is 3.77. The van der Waals surface area contributed by atoms with E-state index >= 15 is 0 Å². The van der Waals surface area contributed by atoms with Crippen molar-refractivity contribution in [3.8, 4) is 0 Å². The van der Waals surface area contributed by atoms with Gasteiger partial charge in [0.2, 0.25) is 0 Å². The van der Waals surface area contributed by atoms with Crippen molar-refractivity contribution in [1.29, 1.82) is 0 Å². The van der Waals surface area contributed by atoms with Crippen LogP contribution in [0.1, 0.15) is 20.7 Å². The lowest BCUT2D eigenvalue weighted by molar-refractivity contribution is 0.101. The molecular weight excluding hydrogens is 314 g/mol. The first-order chi connectivity index (χ1) is 12.1. The van der Waals surface area contributed by atoms with E-state index in [-0.39, 0.29) is 11.8 Å². The maximum absolute atomic E-state index is 12.3. The minimum Gasteiger partial charge on any atom is -0.399 e. The molecule has 0 aliphatic heterocycles. The Morgan fingerprint density at radius 1 is 0.640 bits per heavy atom. The molecule has 0 saturated heterocycles. The summed E-state index contributed by atoms with van der Waals surface area (Å²) >= 11 is 0. The van der Waals surface area contributed by atoms with E-state index in [1.807, 2.05) is 30.3 Å². The smallest absolute Gasteiger partial charge is 0.255 e. The van der Waals surface area contributed by atoms with Crippen molar-refractivity contribution >= 4 is 28.9 Å². The van der Waals surface area contributed by atoms with Crippen molar-refractivity contribution in [2.24, 2.45) is 0 Å². The van der Waals surface area contributed by atoms with E-state index in [0.717, 1.165) is 0 Å². The second kappa shape index (κ2) is 7.31. The van der Waals surface area contributed by atoms with Gasteiger partial charge in [-0.25, -0.2) is 0 Å². The number of carbonyl (C=O) groups is 2. The summed E-state index contributed by atoms with van der Waals surface area (Å²) in [6.45, 7) is 0. The number of anilines is 3. The third-order valence-electron chi connectivity index (χ3n) is 3.59. The van der Waals surface area contributed by atoms with E-state index in [2.05, 4.69) is 10.6 Å². The number of hydrogen-bond donors (Lipinski definition) is 3. The van der Waals surface area contributed by atoms with Gasteiger partial charge in [-0.3, -0.25) is 9.59 Å². The Bertz CT molecular complexity index is 890. The van der Waals surface area contributed by atoms with Crippen LogP contribution in [0.15, 0.2) is 78.9 Å². The van der Waals surface area contributed by atoms with Gasteiger partial charge in [-0.2, -0.15) is 0 Å². The zero-order chi connectivity index (χ0) is 17.6. The zero-order valence-electron chi connectivity index (χ0n) is 13.4. The normalized spacial score (nSPS) is 10.1. The Morgan fingerprint density at radius 3 is 1.96 bits per heavy atom. The van der Waals surface area contributed by atoms with Crippen LogP contribution < -0.4 is 16.4 Å². The van der Waals surface area contributed by atoms with E-state index in [1.54, 1.807) is 48.5 Å². The maximum Gasteiger partial charge on any atom is 0.255 e. The monoisotopic (exact) mass is 331 g/mol. The van der Waals surface area contributed by atoms with Crippen LogP contribution in [0.25, 0.3) is 0 Å². The molecule has 0 atom stereocenters. The van der Waals surface area contributed by atoms with Crippen molar-refractivity contribution in [3.63, 3.8) is 0 Å². The fourth-order valence-electron chi connectivity index (χ4n) is 2.30. The Balaban J connectivity index is 1.71. The van der Waals surface area contributed by atoms with Crippen LogP contribution in [0, 0.1) is 0 Å². The van der Waals surface area contributed by atoms with Gasteiger partial charge in [0.05, 0.1) is 0 Å². The van der Waals surface area contributed by atoms with Crippen LogP contribution in [0.4, 0.5) is 17.1 Å². The molecule has 3 rings (SSSR count). The summed E-state index contributed by atoms with van der Waals surface area (Å²) in [5, 5.41) is 5.59. The number of para-hydroxylation sites is 1. The molecule has 0 saturated carbocycles. The number of rotatable bonds is 4. The Labute approximate surface area is 145 Å². The highest BCUT2D eigenvalue weighted by Gasteiger charge is 2.09. The lowest BCUT2D eigenvalue weighted by atomic mass is 10.1. The fraction of sp³-hybridized carbons (Fsp3) is 0. The first kappa shape index (κ1) is 16.3. The molecule has 25 heavy (non-hydrogen) atoms. The van der Waals surface area contributed by atoms with Crippen LogP contribution in [0.5, 0.6) is 0 Å². The average molecular weight is 331 g/mol. The van der Waals surface area contributed by atoms with Gasteiger partial charge in [0.15, 0.2) is 0 Å². The third kappa shape index (κ3) is 4.23. The number of nitrogens with two attached hydrogens (primary N) is 1. The zero-order valence-corrected chi connectivity index (χ0v) is 13.4. The van der Waals surface area contributed by atoms with Gasteiger partial charge in [0, 0.05) is 28.2 Å². The van der Waals surface area contributed by atoms with Gasteiger partial charge >= 0.3 is 0 Å². The van der Waals surface area contributed by atoms with Gasteiger partial charge < -0.3 is 16.4 Å². The first-order valence-electron chi connectivity index (χ1n) is 7.75. The van der Waals surface area contributed by atoms with Crippen molar-refractivity contribution in [1.82, 2.24) is 0 Å². The number of benzene rings is 3. The van der Waals surface area contributed by atoms with Gasteiger partial charge in [-0.05, 0) is 54.6 Å². The van der Waals surface area contributed by atoms with Gasteiger partial charge in [-0.15, -0.1) is 0 Å². The molecule has 0 heterocycles. The summed E-state index contributed by atoms with van der Waals surface area (Å²) in [5.41, 5.74) is 8.42. The molecule has 5 nitrogen and oxygen atoms in total. The standard InChI is InChI=1S/C20H17N3O2/c21-16-11-9-14(10-12-16)19(24)23-18-8-4-5-15(13-18)20(25)22-17-6-2-1-3-7-17/h1-13H,21H2,(H,22,25)(H,23,24). The highest BCUT2D eigenvalue weighted by molar-refractivity contribution is 6.07. The van der Waals surface area contributed by atoms with Gasteiger partial charge in [0.1, 0.15) is 0 Å². The van der Waals surface area contributed by atoms with Crippen molar-refractivity contribution < 1.29 is 9.59 Å². The Kier molecular flexibility index (Phi) is 4.76. The molecule has 2 amide bonds. The minimum atomic E-state index is -0.263. The van der Waals surface area contributed by atoms with Gasteiger partial charge in [-0.1, -0.05) is 24.3 Å². The Morgan fingerprint density at radius 2 is 1.24 bits per heavy atom. The summed E-state index contributed by atoms with van der Waals surface area (Å²) in [4.78, 5) is 24.6. The Hall–Kier alpha value is -3.60. The summed E-state index contributed by atoms with van der Waals surface area (Å²) < 4.78 is 0. The molecule has 0 aliphatic rings. The summed E-state index contributed by atoms with van der Waals surface area (Å²) in [6, 6.07) is 22.6. The van der Waals surface area contributed by atoms with Crippen LogP contribution in [0.3, 0.4) is 0 Å². The third-order valence-corrected chi connectivity index (χ3v) is 3.59. The lowest BCUT2D eigenvalue weighted by Gasteiger charge is -2.09. The molecule has 3 aromatic rings. The topological polar surface area (TPSA) is 84.2 Å². The first-order valence-corrected chi connectivity index (χ1v) is 7.75. The number of carbonyl (C=O) groups excluding carboxylic acids is 2. The molecule has 0 fully saturated rings. The molecule has 3 aromatic carbocycles. The molecule has 0 aromatic heterocycles. The van der Waals surface area contributed by atoms with E-state index in [0.29, 0.717) is 28.2 Å². The minimum absolute atomic E-state index is 0.241. The second-order valence-electron chi connectivity index (χ2n) is 5.48. The molecule has 0 radical (unpaired) electrons. The molecule has 0 spiro atoms. The van der Waals surface area contributed by atoms with E-state index in [9.17, 15) is 9.59 Å². The highest BCUT2D eigenvalue weighted by Crippen LogP contribution is 2.15. The van der Waals surface area contributed by atoms with Crippen molar-refractivity contribution in [2.75, 3.05) is 16.4 Å². The van der Waals surface area contributed by atoms with Crippen molar-refractivity contribution in [3.05, 3.63) is 90.0 Å². The molecule has 4 N–H and O–H groups in total. The largest absolute Gasteiger partial charge is 0.399 e. The second-order valence-corrected chi connectivity index (χ2v) is 5.48. The molecule has 0 bridgehead atoms. The number of nitrogens with one attached hydrogen (secondary N) is 2. The maximum atomic E-state index is 12.3. The van der Waals surface area contributed by atoms with Crippen LogP contribution >= 0.6 is 0 Å². The fourth-order valence-corrected chi connectivity index (χ4v) is 2.30. The molecule has 0 aliphatic carbocycles. The van der Waals surface area contributed by atoms with E-state index in [1.165, 1.54) is 0 Å². The summed E-state index contributed by atoms with van der Waals surface area (Å²) in [7, 11) is 0. The predicted molar refractivity (Wildman–Crippen MR) is 99.6 cm³/mol. The SMILES string of the molecule is Nc1ccc(C(=O)Nc2cccc(C(=O)Nc3ccccc3)c2)cc1. The molecule has 5 heteroatoms. The average Bonchev–Trinajstić information content (AvgIpc) is 2.63. The lowest BCUT2D eigenvalue weighted by Crippen LogP contribution is -2.14. The van der Waals surface area contributed by atoms with Crippen LogP contribution in [-0.4, -0.2) is 11.8 Å². The number of hydrogen-bond acceptors (Lipinski definition) is 3.